The summed E-state index contributed by atoms with van der Waals surface area (Å²) in [6, 6.07) is 0. The van der Waals surface area contributed by atoms with Gasteiger partial charge in [-0.3, -0.25) is 4.79 Å². The first-order chi connectivity index (χ1) is 6.17. The van der Waals surface area contributed by atoms with E-state index in [1.165, 1.54) is 4.72 Å². The van der Waals surface area contributed by atoms with E-state index in [-0.39, 0.29) is 12.8 Å². The summed E-state index contributed by atoms with van der Waals surface area (Å²) in [5, 5.41) is 0. The lowest BCUT2D eigenvalue weighted by Crippen LogP contribution is -2.37. The lowest BCUT2D eigenvalue weighted by molar-refractivity contribution is -0.118. The van der Waals surface area contributed by atoms with E-state index in [4.69, 9.17) is 0 Å². The standard InChI is InChI=1S/C5H9F3N2O3S/c6-5(7,8)14(12,13)10-3-1-2-4(9)11/h10H,1-3H2,(H2,9,11). The van der Waals surface area contributed by atoms with Crippen LogP contribution in [0.1, 0.15) is 12.8 Å². The van der Waals surface area contributed by atoms with Crippen LogP contribution in [0.5, 0.6) is 0 Å². The average Bonchev–Trinajstić information content (AvgIpc) is 1.95. The second-order valence-electron chi connectivity index (χ2n) is 2.41. The number of primary amides is 1. The van der Waals surface area contributed by atoms with Crippen LogP contribution in [-0.4, -0.2) is 26.4 Å². The van der Waals surface area contributed by atoms with Crippen molar-refractivity contribution in [3.8, 4) is 0 Å². The molecule has 0 aliphatic heterocycles. The Balaban J connectivity index is 3.97. The maximum absolute atomic E-state index is 11.7. The molecule has 3 N–H and O–H groups in total. The summed E-state index contributed by atoms with van der Waals surface area (Å²) in [6.45, 7) is -0.467. The van der Waals surface area contributed by atoms with Crippen LogP contribution < -0.4 is 10.5 Å². The molecule has 1 amide bonds. The third-order valence-corrected chi connectivity index (χ3v) is 2.39. The normalized spacial score (nSPS) is 12.8. The van der Waals surface area contributed by atoms with Crippen molar-refractivity contribution in [3.05, 3.63) is 0 Å². The van der Waals surface area contributed by atoms with Crippen LogP contribution in [0.25, 0.3) is 0 Å². The van der Waals surface area contributed by atoms with E-state index in [0.717, 1.165) is 0 Å². The van der Waals surface area contributed by atoms with Crippen LogP contribution >= 0.6 is 0 Å². The van der Waals surface area contributed by atoms with Crippen molar-refractivity contribution in [2.24, 2.45) is 5.73 Å². The number of halogens is 3. The number of amides is 1. The molecule has 0 heterocycles. The molecule has 0 saturated heterocycles. The van der Waals surface area contributed by atoms with Gasteiger partial charge in [-0.15, -0.1) is 0 Å². The van der Waals surface area contributed by atoms with Gasteiger partial charge < -0.3 is 5.73 Å². The fourth-order valence-corrected chi connectivity index (χ4v) is 1.13. The Morgan fingerprint density at radius 1 is 1.36 bits per heavy atom. The summed E-state index contributed by atoms with van der Waals surface area (Å²) in [5.41, 5.74) is -0.630. The first kappa shape index (κ1) is 13.2. The molecular weight excluding hydrogens is 225 g/mol. The topological polar surface area (TPSA) is 89.3 Å². The summed E-state index contributed by atoms with van der Waals surface area (Å²) >= 11 is 0. The highest BCUT2D eigenvalue weighted by atomic mass is 32.2. The van der Waals surface area contributed by atoms with Crippen LogP contribution in [-0.2, 0) is 14.8 Å². The first-order valence-corrected chi connectivity index (χ1v) is 4.99. The van der Waals surface area contributed by atoms with Crippen LogP contribution in [0, 0.1) is 0 Å². The van der Waals surface area contributed by atoms with Gasteiger partial charge in [0.25, 0.3) is 0 Å². The van der Waals surface area contributed by atoms with Gasteiger partial charge in [0.05, 0.1) is 0 Å². The van der Waals surface area contributed by atoms with E-state index in [0.29, 0.717) is 0 Å². The van der Waals surface area contributed by atoms with Crippen LogP contribution in [0.15, 0.2) is 0 Å². The minimum atomic E-state index is -5.32. The molecule has 0 fully saturated rings. The second-order valence-corrected chi connectivity index (χ2v) is 4.17. The molecule has 0 aromatic carbocycles. The van der Waals surface area contributed by atoms with Gasteiger partial charge in [-0.05, 0) is 6.42 Å². The van der Waals surface area contributed by atoms with Crippen molar-refractivity contribution in [2.75, 3.05) is 6.54 Å². The molecule has 0 aromatic rings. The molecule has 0 bridgehead atoms. The Morgan fingerprint density at radius 3 is 2.21 bits per heavy atom. The maximum atomic E-state index is 11.7. The number of rotatable bonds is 5. The zero-order valence-electron chi connectivity index (χ0n) is 6.97. The number of carbonyl (C=O) groups excluding carboxylic acids is 1. The third kappa shape index (κ3) is 4.42. The molecule has 9 heteroatoms. The van der Waals surface area contributed by atoms with Gasteiger partial charge in [0, 0.05) is 13.0 Å². The molecule has 0 rings (SSSR count). The lowest BCUT2D eigenvalue weighted by Gasteiger charge is -2.08. The van der Waals surface area contributed by atoms with E-state index >= 15 is 0 Å². The molecule has 5 nitrogen and oxygen atoms in total. The third-order valence-electron chi connectivity index (χ3n) is 1.20. The Kier molecular flexibility index (Phi) is 4.33. The average molecular weight is 234 g/mol. The minimum Gasteiger partial charge on any atom is -0.370 e. The lowest BCUT2D eigenvalue weighted by atomic mass is 10.3. The highest BCUT2D eigenvalue weighted by molar-refractivity contribution is 7.90. The van der Waals surface area contributed by atoms with Crippen molar-refractivity contribution >= 4 is 15.9 Å². The highest BCUT2D eigenvalue weighted by Crippen LogP contribution is 2.21. The first-order valence-electron chi connectivity index (χ1n) is 3.51. The van der Waals surface area contributed by atoms with Gasteiger partial charge in [-0.2, -0.15) is 13.2 Å². The summed E-state index contributed by atoms with van der Waals surface area (Å²) in [6.07, 6.45) is -0.231. The van der Waals surface area contributed by atoms with Gasteiger partial charge in [0.1, 0.15) is 0 Å². The fraction of sp³-hybridized carbons (Fsp3) is 0.800. The van der Waals surface area contributed by atoms with Crippen molar-refractivity contribution < 1.29 is 26.4 Å². The molecule has 0 spiro atoms. The molecule has 0 aliphatic carbocycles. The largest absolute Gasteiger partial charge is 0.511 e. The van der Waals surface area contributed by atoms with Crippen LogP contribution in [0.4, 0.5) is 13.2 Å². The Bertz CT molecular complexity index is 298. The molecule has 0 aromatic heterocycles. The summed E-state index contributed by atoms with van der Waals surface area (Å²) < 4.78 is 57.0. The van der Waals surface area contributed by atoms with Crippen molar-refractivity contribution in [2.45, 2.75) is 18.3 Å². The van der Waals surface area contributed by atoms with E-state index in [2.05, 4.69) is 5.73 Å². The van der Waals surface area contributed by atoms with Gasteiger partial charge in [0.15, 0.2) is 0 Å². The Labute approximate surface area is 78.5 Å². The molecule has 84 valence electrons. The fourth-order valence-electron chi connectivity index (χ4n) is 0.551. The van der Waals surface area contributed by atoms with Gasteiger partial charge in [-0.25, -0.2) is 13.1 Å². The number of hydrogen-bond acceptors (Lipinski definition) is 3. The predicted molar refractivity (Wildman–Crippen MR) is 41.4 cm³/mol. The second kappa shape index (κ2) is 4.60. The highest BCUT2D eigenvalue weighted by Gasteiger charge is 2.45. The molecule has 0 atom stereocenters. The molecule has 14 heavy (non-hydrogen) atoms. The SMILES string of the molecule is NC(=O)CCCNS(=O)(=O)C(F)(F)F. The molecule has 0 radical (unpaired) electrons. The molecule has 0 aliphatic rings. The van der Waals surface area contributed by atoms with Gasteiger partial charge in [0.2, 0.25) is 5.91 Å². The van der Waals surface area contributed by atoms with Crippen molar-refractivity contribution in [1.82, 2.24) is 4.72 Å². The zero-order chi connectivity index (χ0) is 11.4. The number of nitrogens with one attached hydrogen (secondary N) is 1. The van der Waals surface area contributed by atoms with Crippen LogP contribution in [0.3, 0.4) is 0 Å². The Morgan fingerprint density at radius 2 is 1.86 bits per heavy atom. The van der Waals surface area contributed by atoms with E-state index in [9.17, 15) is 26.4 Å². The number of hydrogen-bond donors (Lipinski definition) is 2. The minimum absolute atomic E-state index is 0.0648. The number of carbonyl (C=O) groups is 1. The van der Waals surface area contributed by atoms with Gasteiger partial charge >= 0.3 is 15.5 Å². The summed E-state index contributed by atoms with van der Waals surface area (Å²) in [5.74, 6) is -0.698. The molecular formula is C5H9F3N2O3S. The zero-order valence-corrected chi connectivity index (χ0v) is 7.78. The molecule has 0 saturated carbocycles. The quantitative estimate of drug-likeness (QED) is 0.639. The Hall–Kier alpha value is -0.830. The number of alkyl halides is 3. The van der Waals surface area contributed by atoms with E-state index in [1.54, 1.807) is 0 Å². The summed E-state index contributed by atoms with van der Waals surface area (Å²) in [4.78, 5) is 10.1. The number of nitrogens with two attached hydrogens (primary N) is 1. The van der Waals surface area contributed by atoms with Gasteiger partial charge in [-0.1, -0.05) is 0 Å². The molecule has 0 unspecified atom stereocenters. The summed E-state index contributed by atoms with van der Waals surface area (Å²) in [7, 11) is -5.30. The van der Waals surface area contributed by atoms with E-state index < -0.39 is 28.0 Å². The van der Waals surface area contributed by atoms with Crippen molar-refractivity contribution in [1.29, 1.82) is 0 Å². The maximum Gasteiger partial charge on any atom is 0.511 e. The van der Waals surface area contributed by atoms with E-state index in [1.807, 2.05) is 0 Å². The smallest absolute Gasteiger partial charge is 0.370 e. The van der Waals surface area contributed by atoms with Crippen molar-refractivity contribution in [3.63, 3.8) is 0 Å². The monoisotopic (exact) mass is 234 g/mol. The predicted octanol–water partition coefficient (Wildman–Crippen LogP) is -0.309. The van der Waals surface area contributed by atoms with Crippen LogP contribution in [0.2, 0.25) is 0 Å². The number of sulfonamides is 1.